The third-order valence-corrected chi connectivity index (χ3v) is 5.09. The van der Waals surface area contributed by atoms with E-state index in [2.05, 4.69) is 15.6 Å². The van der Waals surface area contributed by atoms with Crippen molar-refractivity contribution in [2.75, 3.05) is 11.9 Å². The summed E-state index contributed by atoms with van der Waals surface area (Å²) in [5.74, 6) is -0.0604. The van der Waals surface area contributed by atoms with E-state index >= 15 is 0 Å². The minimum atomic E-state index is -0.348. The highest BCUT2D eigenvalue weighted by Crippen LogP contribution is 2.25. The summed E-state index contributed by atoms with van der Waals surface area (Å²) in [5, 5.41) is 6.34. The molecule has 0 saturated carbocycles. The van der Waals surface area contributed by atoms with Crippen LogP contribution in [0.3, 0.4) is 0 Å². The predicted molar refractivity (Wildman–Crippen MR) is 121 cm³/mol. The molecule has 2 amide bonds. The van der Waals surface area contributed by atoms with E-state index in [1.54, 1.807) is 24.5 Å². The van der Waals surface area contributed by atoms with Gasteiger partial charge >= 0.3 is 0 Å². The second-order valence-electron chi connectivity index (χ2n) is 7.55. The molecule has 2 aromatic carbocycles. The van der Waals surface area contributed by atoms with Gasteiger partial charge in [0.15, 0.2) is 5.76 Å². The van der Waals surface area contributed by atoms with Crippen molar-refractivity contribution in [2.24, 2.45) is 0 Å². The first-order valence-electron chi connectivity index (χ1n) is 10.0. The number of nitrogens with one attached hydrogen (secondary N) is 2. The molecule has 0 aliphatic carbocycles. The highest BCUT2D eigenvalue weighted by atomic mass is 16.3. The number of pyridine rings is 1. The van der Waals surface area contributed by atoms with E-state index in [4.69, 9.17) is 4.42 Å². The van der Waals surface area contributed by atoms with Crippen molar-refractivity contribution in [3.63, 3.8) is 0 Å². The number of carbonyl (C=O) groups is 2. The van der Waals surface area contributed by atoms with Gasteiger partial charge in [0.2, 0.25) is 5.91 Å². The normalized spacial score (nSPS) is 10.8. The number of rotatable bonds is 5. The number of benzene rings is 2. The fraction of sp³-hybridized carbons (Fsp3) is 0.160. The standard InChI is InChI=1S/C25H23N3O3/c1-15-11-16(2)24(17(3)12-15)28-23(29)14-26-25(30)19-13-21(22-9-6-10-31-22)27-20-8-5-4-7-18(19)20/h4-13H,14H2,1-3H3,(H,26,30)(H,28,29). The number of hydrogen-bond acceptors (Lipinski definition) is 4. The number of amides is 2. The molecule has 0 spiro atoms. The molecule has 2 aromatic heterocycles. The first-order chi connectivity index (χ1) is 14.9. The monoisotopic (exact) mass is 413 g/mol. The van der Waals surface area contributed by atoms with Crippen molar-refractivity contribution in [3.8, 4) is 11.5 Å². The van der Waals surface area contributed by atoms with Crippen LogP contribution >= 0.6 is 0 Å². The summed E-state index contributed by atoms with van der Waals surface area (Å²) in [4.78, 5) is 30.1. The molecule has 4 rings (SSSR count). The van der Waals surface area contributed by atoms with Crippen molar-refractivity contribution < 1.29 is 14.0 Å². The molecule has 0 fully saturated rings. The van der Waals surface area contributed by atoms with Crippen LogP contribution in [0, 0.1) is 20.8 Å². The van der Waals surface area contributed by atoms with Gasteiger partial charge in [-0.1, -0.05) is 35.9 Å². The Kier molecular flexibility index (Phi) is 5.54. The van der Waals surface area contributed by atoms with E-state index in [0.29, 0.717) is 27.9 Å². The zero-order valence-corrected chi connectivity index (χ0v) is 17.7. The van der Waals surface area contributed by atoms with Crippen LogP contribution < -0.4 is 10.6 Å². The van der Waals surface area contributed by atoms with Gasteiger partial charge in [-0.3, -0.25) is 9.59 Å². The van der Waals surface area contributed by atoms with Crippen LogP contribution in [0.2, 0.25) is 0 Å². The summed E-state index contributed by atoms with van der Waals surface area (Å²) in [6, 6.07) is 16.7. The number of anilines is 1. The summed E-state index contributed by atoms with van der Waals surface area (Å²) in [5.41, 5.74) is 5.56. The molecular weight excluding hydrogens is 390 g/mol. The number of hydrogen-bond donors (Lipinski definition) is 2. The van der Waals surface area contributed by atoms with E-state index in [0.717, 1.165) is 22.4 Å². The molecule has 0 unspecified atom stereocenters. The quantitative estimate of drug-likeness (QED) is 0.493. The maximum Gasteiger partial charge on any atom is 0.252 e. The fourth-order valence-electron chi connectivity index (χ4n) is 3.73. The SMILES string of the molecule is Cc1cc(C)c(NC(=O)CNC(=O)c2cc(-c3ccco3)nc3ccccc23)c(C)c1. The van der Waals surface area contributed by atoms with E-state index in [-0.39, 0.29) is 18.4 Å². The van der Waals surface area contributed by atoms with Crippen LogP contribution in [-0.2, 0) is 4.79 Å². The fourth-order valence-corrected chi connectivity index (χ4v) is 3.73. The smallest absolute Gasteiger partial charge is 0.252 e. The minimum absolute atomic E-state index is 0.141. The Morgan fingerprint density at radius 3 is 2.42 bits per heavy atom. The summed E-state index contributed by atoms with van der Waals surface area (Å²) in [6.07, 6.45) is 1.56. The third-order valence-electron chi connectivity index (χ3n) is 5.09. The lowest BCUT2D eigenvalue weighted by Gasteiger charge is -2.14. The first-order valence-corrected chi connectivity index (χ1v) is 10.0. The maximum absolute atomic E-state index is 13.0. The molecule has 4 aromatic rings. The molecule has 2 heterocycles. The van der Waals surface area contributed by atoms with Crippen LogP contribution in [0.1, 0.15) is 27.0 Å². The Morgan fingerprint density at radius 2 is 1.71 bits per heavy atom. The van der Waals surface area contributed by atoms with Crippen LogP contribution in [0.4, 0.5) is 5.69 Å². The molecule has 31 heavy (non-hydrogen) atoms. The highest BCUT2D eigenvalue weighted by Gasteiger charge is 2.16. The van der Waals surface area contributed by atoms with Gasteiger partial charge in [0.25, 0.3) is 5.91 Å². The van der Waals surface area contributed by atoms with Gasteiger partial charge in [0, 0.05) is 11.1 Å². The minimum Gasteiger partial charge on any atom is -0.463 e. The number of carbonyl (C=O) groups excluding carboxylic acids is 2. The number of aromatic nitrogens is 1. The van der Waals surface area contributed by atoms with Gasteiger partial charge in [-0.2, -0.15) is 0 Å². The van der Waals surface area contributed by atoms with Gasteiger partial charge in [-0.25, -0.2) is 4.98 Å². The average Bonchev–Trinajstić information content (AvgIpc) is 3.28. The van der Waals surface area contributed by atoms with Gasteiger partial charge in [0.1, 0.15) is 5.69 Å². The molecule has 0 atom stereocenters. The molecule has 6 heteroatoms. The first kappa shape index (κ1) is 20.3. The van der Waals surface area contributed by atoms with Crippen molar-refractivity contribution in [1.29, 1.82) is 0 Å². The highest BCUT2D eigenvalue weighted by molar-refractivity contribution is 6.08. The second kappa shape index (κ2) is 8.44. The van der Waals surface area contributed by atoms with Crippen LogP contribution in [0.25, 0.3) is 22.4 Å². The average molecular weight is 413 g/mol. The Hall–Kier alpha value is -3.93. The molecule has 2 N–H and O–H groups in total. The lowest BCUT2D eigenvalue weighted by molar-refractivity contribution is -0.115. The van der Waals surface area contributed by atoms with E-state index < -0.39 is 0 Å². The zero-order chi connectivity index (χ0) is 22.0. The lowest BCUT2D eigenvalue weighted by atomic mass is 10.1. The van der Waals surface area contributed by atoms with Gasteiger partial charge in [-0.05, 0) is 56.2 Å². The van der Waals surface area contributed by atoms with Crippen LogP contribution in [0.15, 0.2) is 65.3 Å². The molecule has 0 bridgehead atoms. The number of fused-ring (bicyclic) bond motifs is 1. The molecule has 0 radical (unpaired) electrons. The van der Waals surface area contributed by atoms with Gasteiger partial charge in [0.05, 0.1) is 23.9 Å². The van der Waals surface area contributed by atoms with Crippen molar-refractivity contribution in [3.05, 3.63) is 83.1 Å². The maximum atomic E-state index is 13.0. The topological polar surface area (TPSA) is 84.2 Å². The van der Waals surface area contributed by atoms with Crippen molar-refractivity contribution in [1.82, 2.24) is 10.3 Å². The van der Waals surface area contributed by atoms with Crippen LogP contribution in [0.5, 0.6) is 0 Å². The van der Waals surface area contributed by atoms with Crippen LogP contribution in [-0.4, -0.2) is 23.3 Å². The van der Waals surface area contributed by atoms with Crippen molar-refractivity contribution >= 4 is 28.4 Å². The van der Waals surface area contributed by atoms with Gasteiger partial charge in [-0.15, -0.1) is 0 Å². The third kappa shape index (κ3) is 4.33. The Balaban J connectivity index is 1.54. The number of aryl methyl sites for hydroxylation is 3. The Morgan fingerprint density at radius 1 is 0.968 bits per heavy atom. The second-order valence-corrected chi connectivity index (χ2v) is 7.55. The molecular formula is C25H23N3O3. The molecule has 6 nitrogen and oxygen atoms in total. The molecule has 0 aliphatic heterocycles. The molecule has 156 valence electrons. The number of para-hydroxylation sites is 1. The lowest BCUT2D eigenvalue weighted by Crippen LogP contribution is -2.33. The van der Waals surface area contributed by atoms with E-state index in [1.807, 2.05) is 57.2 Å². The largest absolute Gasteiger partial charge is 0.463 e. The van der Waals surface area contributed by atoms with Crippen molar-refractivity contribution in [2.45, 2.75) is 20.8 Å². The summed E-state index contributed by atoms with van der Waals surface area (Å²) >= 11 is 0. The molecule has 0 saturated heterocycles. The Bertz CT molecular complexity index is 1250. The molecule has 0 aliphatic rings. The summed E-state index contributed by atoms with van der Waals surface area (Å²) < 4.78 is 5.44. The Labute approximate surface area is 180 Å². The van der Waals surface area contributed by atoms with E-state index in [9.17, 15) is 9.59 Å². The van der Waals surface area contributed by atoms with E-state index in [1.165, 1.54) is 0 Å². The summed E-state index contributed by atoms with van der Waals surface area (Å²) in [7, 11) is 0. The number of furan rings is 1. The van der Waals surface area contributed by atoms with Gasteiger partial charge < -0.3 is 15.1 Å². The number of nitrogens with zero attached hydrogens (tertiary/aromatic N) is 1. The zero-order valence-electron chi connectivity index (χ0n) is 17.7. The summed E-state index contributed by atoms with van der Waals surface area (Å²) in [6.45, 7) is 5.78. The predicted octanol–water partition coefficient (Wildman–Crippen LogP) is 4.79.